The fraction of sp³-hybridized carbons (Fsp3) is 0.357. The first-order chi connectivity index (χ1) is 9.24. The predicted molar refractivity (Wildman–Crippen MR) is 74.6 cm³/mol. The maximum atomic E-state index is 5.69. The molecule has 0 amide bonds. The highest BCUT2D eigenvalue weighted by molar-refractivity contribution is 5.36. The fourth-order valence-electron chi connectivity index (χ4n) is 2.13. The molecule has 0 saturated carbocycles. The lowest BCUT2D eigenvalue weighted by Crippen LogP contribution is -2.29. The average Bonchev–Trinajstić information content (AvgIpc) is 2.83. The van der Waals surface area contributed by atoms with Gasteiger partial charge in [0.2, 0.25) is 0 Å². The Kier molecular flexibility index (Phi) is 4.54. The molecule has 1 unspecified atom stereocenters. The number of hydrogen-bond donors (Lipinski definition) is 2. The lowest BCUT2D eigenvalue weighted by atomic mass is 10.0. The third-order valence-electron chi connectivity index (χ3n) is 2.99. The highest BCUT2D eigenvalue weighted by Crippen LogP contribution is 2.27. The van der Waals surface area contributed by atoms with Gasteiger partial charge in [-0.3, -0.25) is 16.0 Å². The summed E-state index contributed by atoms with van der Waals surface area (Å²) in [5.41, 5.74) is 5.06. The van der Waals surface area contributed by atoms with Gasteiger partial charge < -0.3 is 4.74 Å². The smallest absolute Gasteiger partial charge is 0.124 e. The first kappa shape index (κ1) is 13.6. The van der Waals surface area contributed by atoms with Crippen LogP contribution in [0.15, 0.2) is 36.7 Å². The van der Waals surface area contributed by atoms with Crippen LogP contribution in [0.5, 0.6) is 5.75 Å². The van der Waals surface area contributed by atoms with Crippen LogP contribution >= 0.6 is 0 Å². The molecule has 2 aromatic rings. The van der Waals surface area contributed by atoms with Crippen molar-refractivity contribution in [2.75, 3.05) is 6.61 Å². The molecule has 5 nitrogen and oxygen atoms in total. The minimum Gasteiger partial charge on any atom is -0.494 e. The second-order valence-electron chi connectivity index (χ2n) is 4.42. The van der Waals surface area contributed by atoms with Gasteiger partial charge in [0.1, 0.15) is 5.75 Å². The summed E-state index contributed by atoms with van der Waals surface area (Å²) in [5.74, 6) is 6.56. The van der Waals surface area contributed by atoms with E-state index in [1.54, 1.807) is 4.68 Å². The van der Waals surface area contributed by atoms with Crippen molar-refractivity contribution < 1.29 is 4.74 Å². The molecule has 1 heterocycles. The molecule has 0 saturated heterocycles. The van der Waals surface area contributed by atoms with Crippen molar-refractivity contribution in [1.29, 1.82) is 0 Å². The summed E-state index contributed by atoms with van der Waals surface area (Å²) >= 11 is 0. The summed E-state index contributed by atoms with van der Waals surface area (Å²) < 4.78 is 7.44. The molecule has 1 atom stereocenters. The topological polar surface area (TPSA) is 65.1 Å². The monoisotopic (exact) mass is 260 g/mol. The predicted octanol–water partition coefficient (Wildman–Crippen LogP) is 1.57. The first-order valence-electron chi connectivity index (χ1n) is 6.40. The van der Waals surface area contributed by atoms with Crippen LogP contribution in [0.4, 0.5) is 0 Å². The van der Waals surface area contributed by atoms with Gasteiger partial charge in [0.05, 0.1) is 18.8 Å². The largest absolute Gasteiger partial charge is 0.494 e. The number of benzene rings is 1. The Hall–Kier alpha value is -1.85. The van der Waals surface area contributed by atoms with Gasteiger partial charge in [0.25, 0.3) is 0 Å². The zero-order valence-electron chi connectivity index (χ0n) is 11.3. The van der Waals surface area contributed by atoms with Gasteiger partial charge in [0, 0.05) is 18.8 Å². The Morgan fingerprint density at radius 2 is 2.21 bits per heavy atom. The van der Waals surface area contributed by atoms with Crippen molar-refractivity contribution >= 4 is 0 Å². The lowest BCUT2D eigenvalue weighted by molar-refractivity contribution is 0.331. The van der Waals surface area contributed by atoms with Crippen LogP contribution in [0.3, 0.4) is 0 Å². The Bertz CT molecular complexity index is 524. The molecule has 0 spiro atoms. The molecule has 3 N–H and O–H groups in total. The molecule has 0 aliphatic rings. The van der Waals surface area contributed by atoms with E-state index in [-0.39, 0.29) is 6.04 Å². The molecule has 0 aliphatic heterocycles. The highest BCUT2D eigenvalue weighted by atomic mass is 16.5. The van der Waals surface area contributed by atoms with E-state index in [1.165, 1.54) is 0 Å². The summed E-state index contributed by atoms with van der Waals surface area (Å²) in [4.78, 5) is 0. The molecule has 1 aromatic carbocycles. The minimum atomic E-state index is 0.00644. The van der Waals surface area contributed by atoms with Crippen molar-refractivity contribution in [3.63, 3.8) is 0 Å². The Morgan fingerprint density at radius 3 is 2.84 bits per heavy atom. The number of aryl methyl sites for hydroxylation is 1. The molecule has 0 bridgehead atoms. The minimum absolute atomic E-state index is 0.00644. The van der Waals surface area contributed by atoms with Crippen LogP contribution in [-0.2, 0) is 13.5 Å². The van der Waals surface area contributed by atoms with Gasteiger partial charge in [-0.1, -0.05) is 18.2 Å². The summed E-state index contributed by atoms with van der Waals surface area (Å²) in [5, 5.41) is 4.17. The second kappa shape index (κ2) is 6.36. The Morgan fingerprint density at radius 1 is 1.42 bits per heavy atom. The van der Waals surface area contributed by atoms with Crippen LogP contribution in [-0.4, -0.2) is 16.4 Å². The lowest BCUT2D eigenvalue weighted by Gasteiger charge is -2.19. The van der Waals surface area contributed by atoms with Gasteiger partial charge in [-0.15, -0.1) is 0 Å². The number of nitrogens with zero attached hydrogens (tertiary/aromatic N) is 2. The molecule has 2 rings (SSSR count). The number of ether oxygens (including phenoxy) is 1. The number of aromatic nitrogens is 2. The van der Waals surface area contributed by atoms with Crippen LogP contribution in [0.25, 0.3) is 0 Å². The van der Waals surface area contributed by atoms with E-state index < -0.39 is 0 Å². The van der Waals surface area contributed by atoms with Gasteiger partial charge in [-0.05, 0) is 25.0 Å². The molecular formula is C14H20N4O. The number of rotatable bonds is 6. The molecule has 5 heteroatoms. The maximum Gasteiger partial charge on any atom is 0.124 e. The first-order valence-corrected chi connectivity index (χ1v) is 6.40. The van der Waals surface area contributed by atoms with E-state index in [2.05, 4.69) is 10.5 Å². The van der Waals surface area contributed by atoms with Crippen molar-refractivity contribution in [1.82, 2.24) is 15.2 Å². The molecule has 0 fully saturated rings. The molecule has 102 valence electrons. The van der Waals surface area contributed by atoms with Gasteiger partial charge in [-0.25, -0.2) is 0 Å². The second-order valence-corrected chi connectivity index (χ2v) is 4.42. The fourth-order valence-corrected chi connectivity index (χ4v) is 2.13. The number of hydrogen-bond acceptors (Lipinski definition) is 4. The third kappa shape index (κ3) is 3.33. The number of nitrogens with one attached hydrogen (secondary N) is 1. The van der Waals surface area contributed by atoms with Gasteiger partial charge >= 0.3 is 0 Å². The van der Waals surface area contributed by atoms with Crippen LogP contribution in [0, 0.1) is 0 Å². The van der Waals surface area contributed by atoms with E-state index in [1.807, 2.05) is 50.6 Å². The van der Waals surface area contributed by atoms with Crippen LogP contribution < -0.4 is 16.0 Å². The summed E-state index contributed by atoms with van der Waals surface area (Å²) in [6.07, 6.45) is 4.62. The van der Waals surface area contributed by atoms with E-state index in [0.717, 1.165) is 23.3 Å². The summed E-state index contributed by atoms with van der Waals surface area (Å²) in [7, 11) is 1.91. The number of para-hydroxylation sites is 1. The van der Waals surface area contributed by atoms with Gasteiger partial charge in [0.15, 0.2) is 0 Å². The quantitative estimate of drug-likeness (QED) is 0.611. The standard InChI is InChI=1S/C14H20N4O/c1-3-19-14-7-5-4-6-12(14)13(17-15)8-11-9-16-18(2)10-11/h4-7,9-10,13,17H,3,8,15H2,1-2H3. The summed E-state index contributed by atoms with van der Waals surface area (Å²) in [6, 6.07) is 7.96. The third-order valence-corrected chi connectivity index (χ3v) is 2.99. The number of hydrazine groups is 1. The van der Waals surface area contributed by atoms with Crippen molar-refractivity contribution in [3.8, 4) is 5.75 Å². The normalized spacial score (nSPS) is 12.4. The van der Waals surface area contributed by atoms with Crippen molar-refractivity contribution in [2.24, 2.45) is 12.9 Å². The average molecular weight is 260 g/mol. The molecular weight excluding hydrogens is 240 g/mol. The van der Waals surface area contributed by atoms with Crippen LogP contribution in [0.1, 0.15) is 24.1 Å². The zero-order valence-corrected chi connectivity index (χ0v) is 11.3. The summed E-state index contributed by atoms with van der Waals surface area (Å²) in [6.45, 7) is 2.62. The van der Waals surface area contributed by atoms with Crippen molar-refractivity contribution in [3.05, 3.63) is 47.8 Å². The SMILES string of the molecule is CCOc1ccccc1C(Cc1cnn(C)c1)NN. The zero-order chi connectivity index (χ0) is 13.7. The van der Waals surface area contributed by atoms with E-state index in [9.17, 15) is 0 Å². The molecule has 19 heavy (non-hydrogen) atoms. The maximum absolute atomic E-state index is 5.69. The van der Waals surface area contributed by atoms with E-state index in [0.29, 0.717) is 6.61 Å². The Balaban J connectivity index is 2.21. The molecule has 0 radical (unpaired) electrons. The number of nitrogens with two attached hydrogens (primary N) is 1. The van der Waals surface area contributed by atoms with E-state index >= 15 is 0 Å². The van der Waals surface area contributed by atoms with Gasteiger partial charge in [-0.2, -0.15) is 5.10 Å². The van der Waals surface area contributed by atoms with E-state index in [4.69, 9.17) is 10.6 Å². The van der Waals surface area contributed by atoms with Crippen LogP contribution in [0.2, 0.25) is 0 Å². The highest BCUT2D eigenvalue weighted by Gasteiger charge is 2.15. The molecule has 1 aromatic heterocycles. The Labute approximate surface area is 113 Å². The molecule has 0 aliphatic carbocycles. The van der Waals surface area contributed by atoms with Crippen molar-refractivity contribution in [2.45, 2.75) is 19.4 Å².